The Balaban J connectivity index is 2.15. The number of rotatable bonds is 4. The second kappa shape index (κ2) is 6.08. The van der Waals surface area contributed by atoms with Gasteiger partial charge < -0.3 is 26.6 Å². The van der Waals surface area contributed by atoms with Crippen molar-refractivity contribution in [1.29, 1.82) is 5.41 Å². The number of nitrogens with two attached hydrogens (primary N) is 2. The van der Waals surface area contributed by atoms with Crippen molar-refractivity contribution in [2.75, 3.05) is 18.6 Å². The van der Waals surface area contributed by atoms with Crippen LogP contribution in [0.3, 0.4) is 0 Å². The van der Waals surface area contributed by atoms with Gasteiger partial charge in [-0.15, -0.1) is 0 Å². The van der Waals surface area contributed by atoms with Crippen LogP contribution in [0.5, 0.6) is 5.88 Å². The first-order valence-corrected chi connectivity index (χ1v) is 8.45. The number of anilines is 2. The molecular formula is C19H18FN5O2. The summed E-state index contributed by atoms with van der Waals surface area (Å²) >= 11 is 0. The third-order valence-electron chi connectivity index (χ3n) is 4.85. The normalized spacial score (nSPS) is 13.7. The molecule has 2 heterocycles. The lowest BCUT2D eigenvalue weighted by atomic mass is 9.94. The molecule has 0 spiro atoms. The maximum Gasteiger partial charge on any atom is 0.272 e. The van der Waals surface area contributed by atoms with Crippen molar-refractivity contribution in [3.8, 4) is 17.0 Å². The lowest BCUT2D eigenvalue weighted by Crippen LogP contribution is -2.15. The maximum absolute atomic E-state index is 13.9. The highest BCUT2D eigenvalue weighted by Crippen LogP contribution is 2.44. The molecule has 0 amide bonds. The van der Waals surface area contributed by atoms with Gasteiger partial charge in [-0.1, -0.05) is 6.07 Å². The van der Waals surface area contributed by atoms with E-state index in [4.69, 9.17) is 21.6 Å². The number of hydrogen-bond donors (Lipinski definition) is 4. The molecule has 8 heteroatoms. The number of halogens is 1. The van der Waals surface area contributed by atoms with Gasteiger partial charge in [0.2, 0.25) is 5.88 Å². The van der Waals surface area contributed by atoms with Crippen molar-refractivity contribution in [2.24, 2.45) is 0 Å². The van der Waals surface area contributed by atoms with E-state index < -0.39 is 11.4 Å². The molecule has 0 saturated heterocycles. The van der Waals surface area contributed by atoms with E-state index in [2.05, 4.69) is 9.97 Å². The summed E-state index contributed by atoms with van der Waals surface area (Å²) in [6, 6.07) is 4.45. The first-order valence-electron chi connectivity index (χ1n) is 8.45. The van der Waals surface area contributed by atoms with E-state index in [0.717, 1.165) is 24.8 Å². The molecule has 0 unspecified atom stereocenters. The van der Waals surface area contributed by atoms with Gasteiger partial charge in [-0.2, -0.15) is 0 Å². The van der Waals surface area contributed by atoms with Crippen LogP contribution in [0.25, 0.3) is 22.0 Å². The molecule has 7 nitrogen and oxygen atoms in total. The highest BCUT2D eigenvalue weighted by atomic mass is 19.1. The topological polar surface area (TPSA) is 131 Å². The van der Waals surface area contributed by atoms with Crippen molar-refractivity contribution < 1.29 is 9.13 Å². The van der Waals surface area contributed by atoms with Gasteiger partial charge in [-0.3, -0.25) is 4.79 Å². The summed E-state index contributed by atoms with van der Waals surface area (Å²) in [6.45, 7) is 0. The van der Waals surface area contributed by atoms with Crippen molar-refractivity contribution in [3.05, 3.63) is 45.6 Å². The van der Waals surface area contributed by atoms with E-state index in [1.165, 1.54) is 19.2 Å². The zero-order chi connectivity index (χ0) is 19.3. The number of fused-ring (bicyclic) bond motifs is 1. The average Bonchev–Trinajstić information content (AvgIpc) is 3.50. The highest BCUT2D eigenvalue weighted by molar-refractivity contribution is 6.08. The number of methoxy groups -OCH3 is 1. The molecule has 0 bridgehead atoms. The number of H-pyrrole nitrogens is 1. The number of nitrogen functional groups attached to an aromatic ring is 2. The summed E-state index contributed by atoms with van der Waals surface area (Å²) in [4.78, 5) is 19.8. The van der Waals surface area contributed by atoms with Crippen molar-refractivity contribution in [3.63, 3.8) is 0 Å². The Kier molecular flexibility index (Phi) is 3.83. The molecule has 1 aliphatic rings. The Bertz CT molecular complexity index is 1150. The number of pyridine rings is 2. The molecule has 1 saturated carbocycles. The number of aromatic amines is 1. The molecule has 1 fully saturated rings. The van der Waals surface area contributed by atoms with Crippen LogP contribution >= 0.6 is 0 Å². The minimum atomic E-state index is -0.647. The molecule has 2 aromatic heterocycles. The third kappa shape index (κ3) is 2.61. The fourth-order valence-corrected chi connectivity index (χ4v) is 3.32. The summed E-state index contributed by atoms with van der Waals surface area (Å²) in [5, 5.41) is 8.15. The largest absolute Gasteiger partial charge is 0.480 e. The first-order chi connectivity index (χ1) is 13.0. The molecular weight excluding hydrogens is 349 g/mol. The van der Waals surface area contributed by atoms with Crippen molar-refractivity contribution in [1.82, 2.24) is 9.97 Å². The molecule has 0 atom stereocenters. The van der Waals surface area contributed by atoms with Crippen molar-refractivity contribution in [2.45, 2.75) is 18.8 Å². The minimum absolute atomic E-state index is 0.0733. The lowest BCUT2D eigenvalue weighted by molar-refractivity contribution is 0.402. The number of nitrogens with zero attached hydrogens (tertiary/aromatic N) is 1. The number of nitrogens with one attached hydrogen (secondary N) is 2. The van der Waals surface area contributed by atoms with Crippen LogP contribution in [0.2, 0.25) is 0 Å². The average molecular weight is 367 g/mol. The highest BCUT2D eigenvalue weighted by Gasteiger charge is 2.28. The number of benzene rings is 1. The van der Waals surface area contributed by atoms with Crippen LogP contribution in [0, 0.1) is 11.2 Å². The van der Waals surface area contributed by atoms with Gasteiger partial charge in [0.05, 0.1) is 23.7 Å². The number of ether oxygens (including phenoxy) is 1. The van der Waals surface area contributed by atoms with Gasteiger partial charge in [0.15, 0.2) is 0 Å². The van der Waals surface area contributed by atoms with Crippen LogP contribution in [0.15, 0.2) is 23.0 Å². The monoisotopic (exact) mass is 367 g/mol. The molecule has 1 aromatic carbocycles. The Morgan fingerprint density at radius 3 is 2.70 bits per heavy atom. The molecule has 0 radical (unpaired) electrons. The van der Waals surface area contributed by atoms with E-state index in [-0.39, 0.29) is 16.9 Å². The second-order valence-corrected chi connectivity index (χ2v) is 6.56. The van der Waals surface area contributed by atoms with Gasteiger partial charge in [0, 0.05) is 29.0 Å². The molecule has 3 aromatic rings. The van der Waals surface area contributed by atoms with E-state index in [9.17, 15) is 9.18 Å². The quantitative estimate of drug-likeness (QED) is 0.416. The summed E-state index contributed by atoms with van der Waals surface area (Å²) in [5.41, 5.74) is 13.4. The van der Waals surface area contributed by atoms with E-state index in [0.29, 0.717) is 33.8 Å². The van der Waals surface area contributed by atoms with Gasteiger partial charge in [-0.05, 0) is 30.5 Å². The summed E-state index contributed by atoms with van der Waals surface area (Å²) in [6.07, 6.45) is 3.03. The Morgan fingerprint density at radius 1 is 1.33 bits per heavy atom. The zero-order valence-corrected chi connectivity index (χ0v) is 14.6. The molecule has 138 valence electrons. The molecule has 6 N–H and O–H groups in total. The van der Waals surface area contributed by atoms with Gasteiger partial charge in [0.25, 0.3) is 5.56 Å². The lowest BCUT2D eigenvalue weighted by Gasteiger charge is -2.16. The van der Waals surface area contributed by atoms with E-state index in [1.807, 2.05) is 6.07 Å². The SMILES string of the molecule is COc1nc(C2CC2)cc2[nH]c(=O)c(N)c(-c3ccc(F)c(N)c3C=N)c12. The van der Waals surface area contributed by atoms with Crippen LogP contribution < -0.4 is 21.8 Å². The second-order valence-electron chi connectivity index (χ2n) is 6.56. The van der Waals surface area contributed by atoms with E-state index in [1.54, 1.807) is 0 Å². The third-order valence-corrected chi connectivity index (χ3v) is 4.85. The van der Waals surface area contributed by atoms with Gasteiger partial charge >= 0.3 is 0 Å². The van der Waals surface area contributed by atoms with Crippen LogP contribution in [0.4, 0.5) is 15.8 Å². The number of aromatic nitrogens is 2. The fraction of sp³-hybridized carbons (Fsp3) is 0.211. The molecule has 4 rings (SSSR count). The molecule has 27 heavy (non-hydrogen) atoms. The van der Waals surface area contributed by atoms with Gasteiger partial charge in [0.1, 0.15) is 11.5 Å². The summed E-state index contributed by atoms with van der Waals surface area (Å²) < 4.78 is 19.4. The zero-order valence-electron chi connectivity index (χ0n) is 14.6. The summed E-state index contributed by atoms with van der Waals surface area (Å²) in [5.74, 6) is 0.0173. The Labute approximate surface area is 153 Å². The predicted octanol–water partition coefficient (Wildman–Crippen LogP) is 2.78. The fourth-order valence-electron chi connectivity index (χ4n) is 3.32. The van der Waals surface area contributed by atoms with Crippen LogP contribution in [-0.4, -0.2) is 23.3 Å². The Hall–Kier alpha value is -3.42. The Morgan fingerprint density at radius 2 is 2.07 bits per heavy atom. The standard InChI is InChI=1S/C19H18FN5O2/c1-27-19-15-13(6-12(25-19)8-2-3-8)24-18(26)17(23)14(15)9-4-5-11(20)16(22)10(9)7-21/h4-8,21H,2-3,22-23H2,1H3,(H,24,26). The first kappa shape index (κ1) is 17.0. The molecule has 0 aliphatic heterocycles. The number of hydrogen-bond acceptors (Lipinski definition) is 6. The van der Waals surface area contributed by atoms with Crippen LogP contribution in [0.1, 0.15) is 30.0 Å². The smallest absolute Gasteiger partial charge is 0.272 e. The maximum atomic E-state index is 13.9. The molecule has 1 aliphatic carbocycles. The summed E-state index contributed by atoms with van der Waals surface area (Å²) in [7, 11) is 1.49. The van der Waals surface area contributed by atoms with Crippen molar-refractivity contribution >= 4 is 28.5 Å². The minimum Gasteiger partial charge on any atom is -0.480 e. The van der Waals surface area contributed by atoms with Crippen LogP contribution in [-0.2, 0) is 0 Å². The van der Waals surface area contributed by atoms with E-state index >= 15 is 0 Å². The predicted molar refractivity (Wildman–Crippen MR) is 103 cm³/mol. The van der Waals surface area contributed by atoms with Gasteiger partial charge in [-0.25, -0.2) is 9.37 Å².